The first-order valence-corrected chi connectivity index (χ1v) is 4.93. The minimum Gasteiger partial charge on any atom is -0.294 e. The Morgan fingerprint density at radius 3 is 2.71 bits per heavy atom. The minimum absolute atomic E-state index is 0.0997. The van der Waals surface area contributed by atoms with E-state index in [4.69, 9.17) is 0 Å². The van der Waals surface area contributed by atoms with Crippen molar-refractivity contribution < 1.29 is 9.18 Å². The highest BCUT2D eigenvalue weighted by Crippen LogP contribution is 2.27. The monoisotopic (exact) mass is 192 g/mol. The largest absolute Gasteiger partial charge is 0.294 e. The first kappa shape index (κ1) is 9.38. The molecule has 0 unspecified atom stereocenters. The van der Waals surface area contributed by atoms with Gasteiger partial charge in [-0.05, 0) is 43.4 Å². The molecule has 1 aliphatic carbocycles. The van der Waals surface area contributed by atoms with Crippen molar-refractivity contribution in [2.24, 2.45) is 0 Å². The predicted molar refractivity (Wildman–Crippen MR) is 53.1 cm³/mol. The molecule has 1 aromatic carbocycles. The van der Waals surface area contributed by atoms with E-state index in [2.05, 4.69) is 0 Å². The van der Waals surface area contributed by atoms with Crippen molar-refractivity contribution in [3.63, 3.8) is 0 Å². The maximum atomic E-state index is 13.5. The van der Waals surface area contributed by atoms with Crippen LogP contribution in [0, 0.1) is 19.7 Å². The van der Waals surface area contributed by atoms with Gasteiger partial charge in [-0.15, -0.1) is 0 Å². The van der Waals surface area contributed by atoms with E-state index in [0.717, 1.165) is 18.4 Å². The Labute approximate surface area is 82.9 Å². The molecule has 0 amide bonds. The van der Waals surface area contributed by atoms with Gasteiger partial charge in [-0.2, -0.15) is 0 Å². The third-order valence-corrected chi connectivity index (χ3v) is 2.89. The lowest BCUT2D eigenvalue weighted by Crippen LogP contribution is -2.14. The van der Waals surface area contributed by atoms with Crippen molar-refractivity contribution in [1.82, 2.24) is 0 Å². The number of carbonyl (C=O) groups is 1. The highest BCUT2D eigenvalue weighted by Gasteiger charge is 2.22. The van der Waals surface area contributed by atoms with Gasteiger partial charge < -0.3 is 0 Å². The van der Waals surface area contributed by atoms with Crippen LogP contribution >= 0.6 is 0 Å². The Bertz CT molecular complexity index is 407. The Kier molecular flexibility index (Phi) is 2.14. The first-order chi connectivity index (χ1) is 6.61. The predicted octanol–water partition coefficient (Wildman–Crippen LogP) is 2.96. The van der Waals surface area contributed by atoms with Crippen molar-refractivity contribution in [3.8, 4) is 0 Å². The third kappa shape index (κ3) is 1.26. The molecule has 1 aliphatic rings. The summed E-state index contributed by atoms with van der Waals surface area (Å²) in [5.41, 5.74) is 2.85. The average molecular weight is 192 g/mol. The fourth-order valence-corrected chi connectivity index (χ4v) is 2.19. The molecule has 1 aromatic rings. The van der Waals surface area contributed by atoms with E-state index in [1.54, 1.807) is 13.8 Å². The zero-order valence-electron chi connectivity index (χ0n) is 8.48. The van der Waals surface area contributed by atoms with Gasteiger partial charge in [-0.1, -0.05) is 6.07 Å². The summed E-state index contributed by atoms with van der Waals surface area (Å²) in [5.74, 6) is -0.123. The molecule has 74 valence electrons. The van der Waals surface area contributed by atoms with Gasteiger partial charge in [0.15, 0.2) is 5.78 Å². The van der Waals surface area contributed by atoms with Crippen LogP contribution in [-0.2, 0) is 6.42 Å². The Morgan fingerprint density at radius 1 is 1.29 bits per heavy atom. The van der Waals surface area contributed by atoms with Crippen LogP contribution in [0.4, 0.5) is 4.39 Å². The third-order valence-electron chi connectivity index (χ3n) is 2.89. The highest BCUT2D eigenvalue weighted by atomic mass is 19.1. The second kappa shape index (κ2) is 3.19. The van der Waals surface area contributed by atoms with Gasteiger partial charge in [0, 0.05) is 12.0 Å². The maximum Gasteiger partial charge on any atom is 0.163 e. The molecule has 0 spiro atoms. The lowest BCUT2D eigenvalue weighted by atomic mass is 9.86. The molecule has 0 radical (unpaired) electrons. The summed E-state index contributed by atoms with van der Waals surface area (Å²) in [4.78, 5) is 11.6. The van der Waals surface area contributed by atoms with Gasteiger partial charge in [0.25, 0.3) is 0 Å². The van der Waals surface area contributed by atoms with Gasteiger partial charge in [0.1, 0.15) is 5.82 Å². The summed E-state index contributed by atoms with van der Waals surface area (Å²) in [7, 11) is 0. The number of rotatable bonds is 0. The van der Waals surface area contributed by atoms with Crippen LogP contribution in [0.2, 0.25) is 0 Å². The quantitative estimate of drug-likeness (QED) is 0.617. The van der Waals surface area contributed by atoms with Crippen molar-refractivity contribution in [1.29, 1.82) is 0 Å². The van der Waals surface area contributed by atoms with Gasteiger partial charge >= 0.3 is 0 Å². The molecule has 2 heteroatoms. The maximum absolute atomic E-state index is 13.5. The fourth-order valence-electron chi connectivity index (χ4n) is 2.19. The van der Waals surface area contributed by atoms with E-state index in [1.165, 1.54) is 0 Å². The molecule has 2 rings (SSSR count). The van der Waals surface area contributed by atoms with Crippen LogP contribution in [0.15, 0.2) is 6.07 Å². The molecule has 0 aromatic heterocycles. The molecule has 14 heavy (non-hydrogen) atoms. The molecule has 0 fully saturated rings. The van der Waals surface area contributed by atoms with Gasteiger partial charge in [0.05, 0.1) is 0 Å². The Morgan fingerprint density at radius 2 is 2.00 bits per heavy atom. The standard InChI is InChI=1S/C12H13FO/c1-7-6-9-4-3-5-10(14)11(9)8(2)12(7)13/h6H,3-5H2,1-2H3. The number of fused-ring (bicyclic) bond motifs is 1. The number of halogens is 1. The van der Waals surface area contributed by atoms with Crippen LogP contribution in [-0.4, -0.2) is 5.78 Å². The Balaban J connectivity index is 2.70. The highest BCUT2D eigenvalue weighted by molar-refractivity contribution is 5.99. The second-order valence-corrected chi connectivity index (χ2v) is 3.94. The molecule has 0 bridgehead atoms. The topological polar surface area (TPSA) is 17.1 Å². The molecule has 0 N–H and O–H groups in total. The van der Waals surface area contributed by atoms with E-state index < -0.39 is 0 Å². The van der Waals surface area contributed by atoms with E-state index in [9.17, 15) is 9.18 Å². The molecular weight excluding hydrogens is 179 g/mol. The Hall–Kier alpha value is -1.18. The van der Waals surface area contributed by atoms with Crippen molar-refractivity contribution in [2.75, 3.05) is 0 Å². The lowest BCUT2D eigenvalue weighted by Gasteiger charge is -2.18. The van der Waals surface area contributed by atoms with E-state index >= 15 is 0 Å². The first-order valence-electron chi connectivity index (χ1n) is 4.93. The number of aryl methyl sites for hydroxylation is 2. The molecule has 0 atom stereocenters. The smallest absolute Gasteiger partial charge is 0.163 e. The number of ketones is 1. The molecule has 0 heterocycles. The number of carbonyl (C=O) groups excluding carboxylic acids is 1. The van der Waals surface area contributed by atoms with E-state index in [0.29, 0.717) is 23.1 Å². The number of hydrogen-bond donors (Lipinski definition) is 0. The summed E-state index contributed by atoms with van der Waals surface area (Å²) in [6.07, 6.45) is 2.37. The second-order valence-electron chi connectivity index (χ2n) is 3.94. The molecular formula is C12H13FO. The normalized spacial score (nSPS) is 15.5. The summed E-state index contributed by atoms with van der Waals surface area (Å²) in [6.45, 7) is 3.45. The van der Waals surface area contributed by atoms with Gasteiger partial charge in [-0.25, -0.2) is 4.39 Å². The van der Waals surface area contributed by atoms with E-state index in [1.807, 2.05) is 6.07 Å². The van der Waals surface area contributed by atoms with Gasteiger partial charge in [-0.3, -0.25) is 4.79 Å². The minimum atomic E-state index is -0.223. The van der Waals surface area contributed by atoms with Crippen molar-refractivity contribution >= 4 is 5.78 Å². The molecule has 1 nitrogen and oxygen atoms in total. The van der Waals surface area contributed by atoms with Crippen molar-refractivity contribution in [2.45, 2.75) is 33.1 Å². The number of hydrogen-bond acceptors (Lipinski definition) is 1. The molecule has 0 saturated heterocycles. The average Bonchev–Trinajstić information content (AvgIpc) is 2.14. The summed E-state index contributed by atoms with van der Waals surface area (Å²) >= 11 is 0. The van der Waals surface area contributed by atoms with E-state index in [-0.39, 0.29) is 11.6 Å². The van der Waals surface area contributed by atoms with Crippen LogP contribution in [0.25, 0.3) is 0 Å². The van der Waals surface area contributed by atoms with Gasteiger partial charge in [0.2, 0.25) is 0 Å². The zero-order valence-corrected chi connectivity index (χ0v) is 8.48. The van der Waals surface area contributed by atoms with Crippen molar-refractivity contribution in [3.05, 3.63) is 34.1 Å². The summed E-state index contributed by atoms with van der Waals surface area (Å²) in [5, 5.41) is 0. The number of benzene rings is 1. The van der Waals surface area contributed by atoms with Crippen LogP contribution in [0.5, 0.6) is 0 Å². The van der Waals surface area contributed by atoms with Crippen LogP contribution < -0.4 is 0 Å². The lowest BCUT2D eigenvalue weighted by molar-refractivity contribution is 0.0971. The SMILES string of the molecule is Cc1cc2c(c(C)c1F)C(=O)CCC2. The molecule has 0 aliphatic heterocycles. The fraction of sp³-hybridized carbons (Fsp3) is 0.417. The van der Waals surface area contributed by atoms with Crippen LogP contribution in [0.1, 0.15) is 39.9 Å². The molecule has 0 saturated carbocycles. The number of Topliss-reactive ketones (excluding diaryl/α,β-unsaturated/α-hetero) is 1. The summed E-state index contributed by atoms with van der Waals surface area (Å²) < 4.78 is 13.5. The zero-order chi connectivity index (χ0) is 10.3. The summed E-state index contributed by atoms with van der Waals surface area (Å²) in [6, 6.07) is 1.81. The van der Waals surface area contributed by atoms with Crippen LogP contribution in [0.3, 0.4) is 0 Å².